The molecule has 0 radical (unpaired) electrons. The van der Waals surface area contributed by atoms with Crippen LogP contribution in [0, 0.1) is 0 Å². The molecular formula is C23H17ClO4. The Hall–Kier alpha value is -3.24. The number of hydrogen-bond donors (Lipinski definition) is 0. The Bertz CT molecular complexity index is 1160. The third kappa shape index (κ3) is 3.87. The number of methoxy groups -OCH3 is 1. The second-order valence-electron chi connectivity index (χ2n) is 6.28. The van der Waals surface area contributed by atoms with Crippen LogP contribution in [0.15, 0.2) is 82.0 Å². The Labute approximate surface area is 166 Å². The third-order valence-electron chi connectivity index (χ3n) is 4.39. The molecule has 1 aromatic heterocycles. The van der Waals surface area contributed by atoms with Gasteiger partial charge < -0.3 is 13.9 Å². The van der Waals surface area contributed by atoms with Gasteiger partial charge in [0.2, 0.25) is 0 Å². The maximum Gasteiger partial charge on any atom is 0.193 e. The molecule has 5 heteroatoms. The number of hydrogen-bond acceptors (Lipinski definition) is 4. The predicted octanol–water partition coefficient (Wildman–Crippen LogP) is 5.70. The van der Waals surface area contributed by atoms with Gasteiger partial charge in [-0.3, -0.25) is 4.79 Å². The predicted molar refractivity (Wildman–Crippen MR) is 110 cm³/mol. The molecule has 0 bridgehead atoms. The zero-order chi connectivity index (χ0) is 19.5. The quantitative estimate of drug-likeness (QED) is 0.437. The summed E-state index contributed by atoms with van der Waals surface area (Å²) in [4.78, 5) is 12.6. The Morgan fingerprint density at radius 3 is 2.32 bits per heavy atom. The smallest absolute Gasteiger partial charge is 0.193 e. The number of fused-ring (bicyclic) bond motifs is 1. The second-order valence-corrected chi connectivity index (χ2v) is 6.71. The van der Waals surface area contributed by atoms with Crippen LogP contribution in [-0.4, -0.2) is 7.11 Å². The molecule has 0 amide bonds. The monoisotopic (exact) mass is 392 g/mol. The molecule has 0 N–H and O–H groups in total. The maximum absolute atomic E-state index is 12.6. The van der Waals surface area contributed by atoms with Gasteiger partial charge in [0.05, 0.1) is 12.5 Å². The SMILES string of the molecule is COc1ccc(-c2cc(=O)c3cc(OCc4ccc(Cl)cc4)ccc3o2)cc1. The van der Waals surface area contributed by atoms with E-state index in [2.05, 4.69) is 0 Å². The lowest BCUT2D eigenvalue weighted by molar-refractivity contribution is 0.306. The lowest BCUT2D eigenvalue weighted by Gasteiger charge is -2.08. The summed E-state index contributed by atoms with van der Waals surface area (Å²) in [6, 6.07) is 21.5. The molecule has 0 saturated heterocycles. The molecule has 4 rings (SSSR count). The zero-order valence-corrected chi connectivity index (χ0v) is 15.9. The van der Waals surface area contributed by atoms with Crippen molar-refractivity contribution in [3.05, 3.63) is 93.6 Å². The first-order chi connectivity index (χ1) is 13.6. The molecule has 4 nitrogen and oxygen atoms in total. The standard InChI is InChI=1S/C23H17ClO4/c1-26-18-8-4-16(5-9-18)23-13-21(25)20-12-19(10-11-22(20)28-23)27-14-15-2-6-17(24)7-3-15/h2-13H,14H2,1H3. The Morgan fingerprint density at radius 1 is 0.893 bits per heavy atom. The summed E-state index contributed by atoms with van der Waals surface area (Å²) in [6.45, 7) is 0.387. The van der Waals surface area contributed by atoms with Gasteiger partial charge in [-0.25, -0.2) is 0 Å². The number of halogens is 1. The van der Waals surface area contributed by atoms with Crippen LogP contribution in [0.5, 0.6) is 11.5 Å². The highest BCUT2D eigenvalue weighted by Crippen LogP contribution is 2.26. The first-order valence-corrected chi connectivity index (χ1v) is 9.10. The first-order valence-electron chi connectivity index (χ1n) is 8.72. The van der Waals surface area contributed by atoms with Crippen molar-refractivity contribution in [2.45, 2.75) is 6.61 Å². The van der Waals surface area contributed by atoms with Crippen molar-refractivity contribution >= 4 is 22.6 Å². The van der Waals surface area contributed by atoms with E-state index in [1.807, 2.05) is 48.5 Å². The second kappa shape index (κ2) is 7.79. The molecular weight excluding hydrogens is 376 g/mol. The van der Waals surface area contributed by atoms with Crippen LogP contribution in [0.4, 0.5) is 0 Å². The lowest BCUT2D eigenvalue weighted by atomic mass is 10.1. The highest BCUT2D eigenvalue weighted by atomic mass is 35.5. The zero-order valence-electron chi connectivity index (χ0n) is 15.1. The van der Waals surface area contributed by atoms with Crippen LogP contribution < -0.4 is 14.9 Å². The molecule has 0 spiro atoms. The number of benzene rings is 3. The van der Waals surface area contributed by atoms with Crippen LogP contribution in [-0.2, 0) is 6.61 Å². The molecule has 0 atom stereocenters. The fourth-order valence-electron chi connectivity index (χ4n) is 2.87. The Balaban J connectivity index is 1.60. The van der Waals surface area contributed by atoms with Gasteiger partial charge in [-0.1, -0.05) is 23.7 Å². The van der Waals surface area contributed by atoms with E-state index in [0.717, 1.165) is 16.9 Å². The summed E-state index contributed by atoms with van der Waals surface area (Å²) in [6.07, 6.45) is 0. The highest BCUT2D eigenvalue weighted by molar-refractivity contribution is 6.30. The van der Waals surface area contributed by atoms with E-state index in [4.69, 9.17) is 25.5 Å². The molecule has 0 saturated carbocycles. The van der Waals surface area contributed by atoms with Gasteiger partial charge >= 0.3 is 0 Å². The molecule has 0 aliphatic heterocycles. The minimum atomic E-state index is -0.121. The van der Waals surface area contributed by atoms with Crippen molar-refractivity contribution in [3.8, 4) is 22.8 Å². The fraction of sp³-hybridized carbons (Fsp3) is 0.0870. The van der Waals surface area contributed by atoms with E-state index in [1.54, 1.807) is 25.3 Å². The van der Waals surface area contributed by atoms with Gasteiger partial charge in [-0.05, 0) is 60.2 Å². The van der Waals surface area contributed by atoms with Crippen molar-refractivity contribution in [2.75, 3.05) is 7.11 Å². The third-order valence-corrected chi connectivity index (χ3v) is 4.64. The topological polar surface area (TPSA) is 48.7 Å². The Kier molecular flexibility index (Phi) is 5.04. The molecule has 1 heterocycles. The number of rotatable bonds is 5. The average molecular weight is 393 g/mol. The van der Waals surface area contributed by atoms with Crippen molar-refractivity contribution in [2.24, 2.45) is 0 Å². The van der Waals surface area contributed by atoms with Gasteiger partial charge in [0.25, 0.3) is 0 Å². The van der Waals surface area contributed by atoms with Crippen LogP contribution >= 0.6 is 11.6 Å². The minimum Gasteiger partial charge on any atom is -0.497 e. The Morgan fingerprint density at radius 2 is 1.61 bits per heavy atom. The molecule has 28 heavy (non-hydrogen) atoms. The van der Waals surface area contributed by atoms with Gasteiger partial charge in [0.1, 0.15) is 29.4 Å². The van der Waals surface area contributed by atoms with E-state index < -0.39 is 0 Å². The molecule has 0 unspecified atom stereocenters. The van der Waals surface area contributed by atoms with Crippen LogP contribution in [0.1, 0.15) is 5.56 Å². The molecule has 3 aromatic carbocycles. The molecule has 0 aliphatic rings. The number of ether oxygens (including phenoxy) is 2. The van der Waals surface area contributed by atoms with Crippen LogP contribution in [0.25, 0.3) is 22.3 Å². The van der Waals surface area contributed by atoms with Gasteiger partial charge in [0, 0.05) is 16.7 Å². The summed E-state index contributed by atoms with van der Waals surface area (Å²) in [7, 11) is 1.61. The minimum absolute atomic E-state index is 0.121. The van der Waals surface area contributed by atoms with Gasteiger partial charge in [-0.2, -0.15) is 0 Å². The van der Waals surface area contributed by atoms with Crippen molar-refractivity contribution in [1.29, 1.82) is 0 Å². The normalized spacial score (nSPS) is 10.8. The summed E-state index contributed by atoms with van der Waals surface area (Å²) < 4.78 is 16.9. The van der Waals surface area contributed by atoms with E-state index in [0.29, 0.717) is 34.1 Å². The van der Waals surface area contributed by atoms with Crippen molar-refractivity contribution < 1.29 is 13.9 Å². The van der Waals surface area contributed by atoms with Crippen LogP contribution in [0.3, 0.4) is 0 Å². The summed E-state index contributed by atoms with van der Waals surface area (Å²) in [5.74, 6) is 1.86. The molecule has 140 valence electrons. The van der Waals surface area contributed by atoms with Crippen molar-refractivity contribution in [3.63, 3.8) is 0 Å². The van der Waals surface area contributed by atoms with E-state index in [9.17, 15) is 4.79 Å². The lowest BCUT2D eigenvalue weighted by Crippen LogP contribution is -2.01. The summed E-state index contributed by atoms with van der Waals surface area (Å²) >= 11 is 5.89. The maximum atomic E-state index is 12.6. The molecule has 0 aliphatic carbocycles. The summed E-state index contributed by atoms with van der Waals surface area (Å²) in [5, 5.41) is 1.16. The molecule has 4 aromatic rings. The highest BCUT2D eigenvalue weighted by Gasteiger charge is 2.09. The first kappa shape index (κ1) is 18.1. The van der Waals surface area contributed by atoms with E-state index in [-0.39, 0.29) is 5.43 Å². The molecule has 0 fully saturated rings. The van der Waals surface area contributed by atoms with Crippen molar-refractivity contribution in [1.82, 2.24) is 0 Å². The largest absolute Gasteiger partial charge is 0.497 e. The van der Waals surface area contributed by atoms with E-state index >= 15 is 0 Å². The van der Waals surface area contributed by atoms with E-state index in [1.165, 1.54) is 6.07 Å². The summed E-state index contributed by atoms with van der Waals surface area (Å²) in [5.41, 5.74) is 2.19. The average Bonchev–Trinajstić information content (AvgIpc) is 2.73. The van der Waals surface area contributed by atoms with Gasteiger partial charge in [-0.15, -0.1) is 0 Å². The van der Waals surface area contributed by atoms with Gasteiger partial charge in [0.15, 0.2) is 5.43 Å². The fourth-order valence-corrected chi connectivity index (χ4v) is 3.00. The van der Waals surface area contributed by atoms with Crippen LogP contribution in [0.2, 0.25) is 5.02 Å².